The lowest BCUT2D eigenvalue weighted by molar-refractivity contribution is -0.279. The Balaban J connectivity index is 1.04. The van der Waals surface area contributed by atoms with Crippen LogP contribution >= 0.6 is 0 Å². The molecule has 7 fully saturated rings. The van der Waals surface area contributed by atoms with Crippen LogP contribution in [0.4, 0.5) is 8.78 Å². The van der Waals surface area contributed by atoms with Crippen LogP contribution in [0.1, 0.15) is 123 Å². The fourth-order valence-electron chi connectivity index (χ4n) is 12.4. The zero-order valence-corrected chi connectivity index (χ0v) is 33.5. The number of hydrogen-bond acceptors (Lipinski definition) is 12. The molecule has 16 heteroatoms. The van der Waals surface area contributed by atoms with Crippen LogP contribution in [0, 0.1) is 52.3 Å². The van der Waals surface area contributed by atoms with Crippen molar-refractivity contribution in [3.8, 4) is 0 Å². The molecule has 1 heterocycles. The lowest BCUT2D eigenvalue weighted by Crippen LogP contribution is -2.55. The van der Waals surface area contributed by atoms with Crippen LogP contribution in [0.15, 0.2) is 0 Å². The molecule has 11 atom stereocenters. The van der Waals surface area contributed by atoms with Crippen molar-refractivity contribution >= 4 is 28.0 Å². The Labute approximate surface area is 328 Å². The monoisotopic (exact) mass is 818 g/mol. The van der Waals surface area contributed by atoms with Crippen molar-refractivity contribution in [3.05, 3.63) is 0 Å². The number of rotatable bonds is 11. The highest BCUT2D eigenvalue weighted by Crippen LogP contribution is 2.54. The third kappa shape index (κ3) is 8.53. The lowest BCUT2D eigenvalue weighted by Gasteiger charge is -2.51. The summed E-state index contributed by atoms with van der Waals surface area (Å²) in [6.07, 6.45) is 8.25. The molecule has 0 radical (unpaired) electrons. The highest BCUT2D eigenvalue weighted by molar-refractivity contribution is 7.87. The highest BCUT2D eigenvalue weighted by atomic mass is 32.2. The number of esters is 3. The van der Waals surface area contributed by atoms with E-state index in [4.69, 9.17) is 28.2 Å². The maximum atomic E-state index is 14.3. The first-order chi connectivity index (χ1) is 26.3. The van der Waals surface area contributed by atoms with Gasteiger partial charge in [0.15, 0.2) is 6.29 Å². The molecule has 0 spiro atoms. The van der Waals surface area contributed by atoms with Gasteiger partial charge in [-0.3, -0.25) is 14.1 Å². The van der Waals surface area contributed by atoms with Crippen molar-refractivity contribution in [3.63, 3.8) is 0 Å². The molecule has 10 unspecified atom stereocenters. The Morgan fingerprint density at radius 2 is 1.59 bits per heavy atom. The van der Waals surface area contributed by atoms with E-state index in [-0.39, 0.29) is 63.4 Å². The van der Waals surface area contributed by atoms with E-state index in [1.165, 1.54) is 0 Å². The molecule has 1 saturated heterocycles. The van der Waals surface area contributed by atoms with Crippen LogP contribution in [0.2, 0.25) is 0 Å². The number of halogens is 2. The Bertz CT molecular complexity index is 1600. The third-order valence-electron chi connectivity index (χ3n) is 14.8. The summed E-state index contributed by atoms with van der Waals surface area (Å²) in [6.45, 7) is 3.80. The average molecular weight is 819 g/mol. The highest BCUT2D eigenvalue weighted by Gasteiger charge is 2.59. The fraction of sp³-hybridized carbons (Fsp3) is 0.925. The van der Waals surface area contributed by atoms with Crippen LogP contribution in [-0.2, 0) is 48.2 Å². The maximum absolute atomic E-state index is 14.3. The summed E-state index contributed by atoms with van der Waals surface area (Å²) in [4.78, 5) is 40.1. The quantitative estimate of drug-likeness (QED) is 0.138. The van der Waals surface area contributed by atoms with Gasteiger partial charge >= 0.3 is 33.3 Å². The van der Waals surface area contributed by atoms with Gasteiger partial charge in [0, 0.05) is 5.92 Å². The zero-order chi connectivity index (χ0) is 40.3. The van der Waals surface area contributed by atoms with Gasteiger partial charge in [0.2, 0.25) is 0 Å². The van der Waals surface area contributed by atoms with Gasteiger partial charge in [-0.15, -0.1) is 0 Å². The van der Waals surface area contributed by atoms with Gasteiger partial charge in [-0.2, -0.15) is 17.2 Å². The number of ether oxygens (including phenoxy) is 5. The second kappa shape index (κ2) is 15.6. The van der Waals surface area contributed by atoms with Gasteiger partial charge in [-0.25, -0.2) is 4.79 Å². The number of aliphatic hydroxyl groups is 2. The molecule has 7 aliphatic rings. The Kier molecular flexibility index (Phi) is 11.7. The molecular formula is C40H60F2O13S. The molecular weight excluding hydrogens is 758 g/mol. The molecule has 0 amide bonds. The Hall–Kier alpha value is -1.98. The summed E-state index contributed by atoms with van der Waals surface area (Å²) in [7, 11) is -6.04. The van der Waals surface area contributed by atoms with Crippen molar-refractivity contribution in [2.45, 2.75) is 152 Å². The lowest BCUT2D eigenvalue weighted by atomic mass is 9.57. The first kappa shape index (κ1) is 42.2. The molecule has 1 aliphatic heterocycles. The predicted octanol–water partition coefficient (Wildman–Crippen LogP) is 5.34. The van der Waals surface area contributed by atoms with E-state index in [1.807, 2.05) is 0 Å². The van der Waals surface area contributed by atoms with Crippen molar-refractivity contribution < 1.29 is 70.0 Å². The molecule has 3 N–H and O–H groups in total. The molecule has 7 rings (SSSR count). The number of alkyl halides is 2. The van der Waals surface area contributed by atoms with Crippen molar-refractivity contribution in [2.24, 2.45) is 52.3 Å². The van der Waals surface area contributed by atoms with E-state index in [0.717, 1.165) is 25.7 Å². The van der Waals surface area contributed by atoms with Gasteiger partial charge in [-0.1, -0.05) is 26.7 Å². The third-order valence-corrected chi connectivity index (χ3v) is 15.6. The van der Waals surface area contributed by atoms with Gasteiger partial charge in [-0.05, 0) is 126 Å². The Morgan fingerprint density at radius 1 is 0.857 bits per heavy atom. The van der Waals surface area contributed by atoms with Crippen LogP contribution in [-0.4, -0.2) is 96.4 Å². The van der Waals surface area contributed by atoms with Crippen molar-refractivity contribution in [2.75, 3.05) is 26.4 Å². The van der Waals surface area contributed by atoms with Gasteiger partial charge < -0.3 is 33.9 Å². The number of carbonyl (C=O) groups is 3. The number of fused-ring (bicyclic) bond motifs is 6. The van der Waals surface area contributed by atoms with Crippen molar-refractivity contribution in [1.82, 2.24) is 0 Å². The molecule has 0 aromatic carbocycles. The van der Waals surface area contributed by atoms with E-state index in [0.29, 0.717) is 76.0 Å². The van der Waals surface area contributed by atoms with E-state index in [9.17, 15) is 41.8 Å². The van der Waals surface area contributed by atoms with Crippen LogP contribution in [0.3, 0.4) is 0 Å². The standard InChI is InChI=1S/C40H60F2O13S/c1-3-27-6-8-37(16-28(27)12-31(43)19-37)34(45)54-23-36(20-51-32(44)29-11-26-9-24(2)13-38(47,14-26)17-29)21-52-33(53-22-36)30-10-25-5-4-7-39(15-25,18-30)55-35(46)40(41,42)56(48,49)50/h24-31,33,43,47H,3-23H2,1-2H3,(H,48,49,50)/t24?,25?,26?,27?,28?,29?,30-,31?,33?,36?,37?,38?,39?/m0/s1. The van der Waals surface area contributed by atoms with Gasteiger partial charge in [0.25, 0.3) is 0 Å². The number of aliphatic hydroxyl groups excluding tert-OH is 1. The van der Waals surface area contributed by atoms with E-state index >= 15 is 0 Å². The molecule has 56 heavy (non-hydrogen) atoms. The first-order valence-corrected chi connectivity index (χ1v) is 22.3. The molecule has 13 nitrogen and oxygen atoms in total. The SMILES string of the molecule is CCC1CCC2(C(=O)OCC3(COC(=O)C4CC5CC(C)CC(O)(C5)C4)COC([C@H]4CC5CCCC(OC(=O)C(F)(F)S(=O)(=O)O)(C5)C4)OC3)CC(O)CC1C2. The van der Waals surface area contributed by atoms with Gasteiger partial charge in [0.1, 0.15) is 18.8 Å². The second-order valence-electron chi connectivity index (χ2n) is 19.4. The smallest absolute Gasteiger partial charge is 0.465 e. The maximum Gasteiger partial charge on any atom is 0.465 e. The van der Waals surface area contributed by atoms with Crippen LogP contribution < -0.4 is 0 Å². The first-order valence-electron chi connectivity index (χ1n) is 20.8. The number of hydrogen-bond donors (Lipinski definition) is 3. The zero-order valence-electron chi connectivity index (χ0n) is 32.6. The summed E-state index contributed by atoms with van der Waals surface area (Å²) in [5, 5.41) is 17.0. The topological polar surface area (TPSA) is 192 Å². The normalized spacial score (nSPS) is 43.9. The minimum Gasteiger partial charge on any atom is -0.465 e. The van der Waals surface area contributed by atoms with Gasteiger partial charge in [0.05, 0.1) is 41.7 Å². The molecule has 6 bridgehead atoms. The minimum absolute atomic E-state index is 0.0417. The summed E-state index contributed by atoms with van der Waals surface area (Å²) in [5.41, 5.74) is -4.22. The second-order valence-corrected chi connectivity index (χ2v) is 20.9. The number of carbonyl (C=O) groups excluding carboxylic acids is 3. The average Bonchev–Trinajstić information content (AvgIpc) is 3.11. The Morgan fingerprint density at radius 3 is 2.29 bits per heavy atom. The molecule has 0 aromatic rings. The minimum atomic E-state index is -6.04. The molecule has 318 valence electrons. The summed E-state index contributed by atoms with van der Waals surface area (Å²) in [5.74, 6) is -2.84. The predicted molar refractivity (Wildman–Crippen MR) is 193 cm³/mol. The van der Waals surface area contributed by atoms with Crippen molar-refractivity contribution in [1.29, 1.82) is 0 Å². The van der Waals surface area contributed by atoms with E-state index < -0.39 is 79.5 Å². The van der Waals surface area contributed by atoms with Crippen LogP contribution in [0.5, 0.6) is 0 Å². The summed E-state index contributed by atoms with van der Waals surface area (Å²) >= 11 is 0. The molecule has 6 saturated carbocycles. The van der Waals surface area contributed by atoms with Crippen LogP contribution in [0.25, 0.3) is 0 Å². The largest absolute Gasteiger partial charge is 0.465 e. The summed E-state index contributed by atoms with van der Waals surface area (Å²) in [6, 6.07) is 0. The fourth-order valence-corrected chi connectivity index (χ4v) is 12.7. The van der Waals surface area contributed by atoms with E-state index in [1.54, 1.807) is 0 Å². The molecule has 6 aliphatic carbocycles. The summed E-state index contributed by atoms with van der Waals surface area (Å²) < 4.78 is 90.2. The molecule has 0 aromatic heterocycles. The van der Waals surface area contributed by atoms with E-state index in [2.05, 4.69) is 13.8 Å².